The van der Waals surface area contributed by atoms with Crippen molar-refractivity contribution in [1.29, 1.82) is 0 Å². The first-order valence-corrected chi connectivity index (χ1v) is 23.3. The fourth-order valence-corrected chi connectivity index (χ4v) is 8.90. The number of ether oxygens (including phenoxy) is 1. The van der Waals surface area contributed by atoms with E-state index < -0.39 is 61.7 Å². The third-order valence-corrected chi connectivity index (χ3v) is 12.2. The van der Waals surface area contributed by atoms with Crippen LogP contribution >= 0.6 is 34.8 Å². The van der Waals surface area contributed by atoms with Crippen molar-refractivity contribution in [3.05, 3.63) is 161 Å². The van der Waals surface area contributed by atoms with Crippen LogP contribution in [0.25, 0.3) is 0 Å². The monoisotopic (exact) mass is 905 g/mol. The number of hydrogen-bond donors (Lipinski definition) is 1. The minimum absolute atomic E-state index is 0.00785. The number of fused-ring (bicyclic) bond motifs is 1. The van der Waals surface area contributed by atoms with Gasteiger partial charge in [-0.1, -0.05) is 164 Å². The molecule has 5 aromatic rings. The molecule has 1 aromatic heterocycles. The highest BCUT2D eigenvalue weighted by atomic mass is 35.6. The van der Waals surface area contributed by atoms with E-state index >= 15 is 4.79 Å². The summed E-state index contributed by atoms with van der Waals surface area (Å²) in [6, 6.07) is 36.0. The summed E-state index contributed by atoms with van der Waals surface area (Å²) >= 11 is 18.1. The molecule has 0 saturated heterocycles. The van der Waals surface area contributed by atoms with E-state index in [1.54, 1.807) is 6.33 Å². The van der Waals surface area contributed by atoms with Crippen LogP contribution in [0.2, 0.25) is 0 Å². The van der Waals surface area contributed by atoms with Crippen LogP contribution in [-0.4, -0.2) is 93.3 Å². The molecule has 0 aliphatic carbocycles. The van der Waals surface area contributed by atoms with Crippen LogP contribution in [0.4, 0.5) is 4.79 Å². The second-order valence-electron chi connectivity index (χ2n) is 15.6. The second-order valence-corrected chi connectivity index (χ2v) is 20.4. The molecule has 1 N–H and O–H groups in total. The number of carbonyl (C=O) groups is 3. The van der Waals surface area contributed by atoms with Gasteiger partial charge in [-0.05, 0) is 40.2 Å². The molecular formula is C46H50Cl3N5O6S. The molecular weight excluding hydrogens is 857 g/mol. The minimum atomic E-state index is -3.23. The van der Waals surface area contributed by atoms with Crippen LogP contribution < -0.4 is 5.32 Å². The van der Waals surface area contributed by atoms with Gasteiger partial charge < -0.3 is 19.5 Å². The number of amides is 3. The summed E-state index contributed by atoms with van der Waals surface area (Å²) in [5, 5.41) is 2.84. The summed E-state index contributed by atoms with van der Waals surface area (Å²) in [4.78, 5) is 50.7. The summed E-state index contributed by atoms with van der Waals surface area (Å²) in [6.45, 7) is 3.29. The Kier molecular flexibility index (Phi) is 14.9. The fourth-order valence-electron chi connectivity index (χ4n) is 8.07. The first-order valence-electron chi connectivity index (χ1n) is 20.1. The summed E-state index contributed by atoms with van der Waals surface area (Å²) in [6.07, 6.45) is 4.67. The Bertz CT molecular complexity index is 2280. The molecule has 1 unspecified atom stereocenters. The Morgan fingerprint density at radius 3 is 1.92 bits per heavy atom. The molecule has 3 amide bonds. The Hall–Kier alpha value is -4.88. The summed E-state index contributed by atoms with van der Waals surface area (Å²) in [5.41, 5.74) is 4.63. The first-order chi connectivity index (χ1) is 29.1. The number of rotatable bonds is 16. The maximum atomic E-state index is 15.0. The molecule has 0 radical (unpaired) electrons. The lowest BCUT2D eigenvalue weighted by atomic mass is 9.77. The van der Waals surface area contributed by atoms with E-state index in [1.165, 1.54) is 9.80 Å². The second kappa shape index (κ2) is 19.9. The summed E-state index contributed by atoms with van der Waals surface area (Å²) < 4.78 is 29.2. The number of aromatic nitrogens is 2. The summed E-state index contributed by atoms with van der Waals surface area (Å²) in [7, 11) is -3.23. The van der Waals surface area contributed by atoms with Gasteiger partial charge in [0.1, 0.15) is 34.1 Å². The van der Waals surface area contributed by atoms with Crippen molar-refractivity contribution in [1.82, 2.24) is 24.7 Å². The largest absolute Gasteiger partial charge is 0.445 e. The van der Waals surface area contributed by atoms with Crippen molar-refractivity contribution in [2.45, 2.75) is 61.1 Å². The molecule has 11 nitrogen and oxygen atoms in total. The van der Waals surface area contributed by atoms with Crippen molar-refractivity contribution >= 4 is 62.5 Å². The highest BCUT2D eigenvalue weighted by Crippen LogP contribution is 2.41. The van der Waals surface area contributed by atoms with Crippen molar-refractivity contribution in [2.75, 3.05) is 31.7 Å². The SMILES string of the molecule is CC(C)C(C(=O)N1Cc2ccccc2C[C@H]1C(=O)NCCCS(C)(=O)=O)N(CCc1cn(C(c2ccccc2)(c2ccccc2)c2ccccc2)cn1)C(=O)OCC(Cl)(Cl)Cl. The summed E-state index contributed by atoms with van der Waals surface area (Å²) in [5.74, 6) is -1.43. The molecule has 0 spiro atoms. The Labute approximate surface area is 372 Å². The van der Waals surface area contributed by atoms with Gasteiger partial charge in [0.25, 0.3) is 0 Å². The Morgan fingerprint density at radius 2 is 1.39 bits per heavy atom. The zero-order chi connectivity index (χ0) is 43.8. The zero-order valence-electron chi connectivity index (χ0n) is 34.3. The average Bonchev–Trinajstić information content (AvgIpc) is 3.72. The Morgan fingerprint density at radius 1 is 0.852 bits per heavy atom. The van der Waals surface area contributed by atoms with Crippen molar-refractivity contribution in [3.63, 3.8) is 0 Å². The van der Waals surface area contributed by atoms with E-state index in [0.29, 0.717) is 5.69 Å². The van der Waals surface area contributed by atoms with E-state index in [0.717, 1.165) is 34.1 Å². The zero-order valence-corrected chi connectivity index (χ0v) is 37.4. The number of sulfone groups is 1. The van der Waals surface area contributed by atoms with Crippen LogP contribution in [0.3, 0.4) is 0 Å². The van der Waals surface area contributed by atoms with Gasteiger partial charge in [-0.3, -0.25) is 14.5 Å². The van der Waals surface area contributed by atoms with Gasteiger partial charge in [0.2, 0.25) is 15.6 Å². The first kappa shape index (κ1) is 45.6. The third-order valence-electron chi connectivity index (χ3n) is 10.8. The normalized spacial score (nSPS) is 14.9. The predicted molar refractivity (Wildman–Crippen MR) is 239 cm³/mol. The molecule has 2 atom stereocenters. The molecule has 1 aliphatic rings. The molecule has 6 rings (SSSR count). The quantitative estimate of drug-likeness (QED) is 0.0613. The van der Waals surface area contributed by atoms with E-state index in [9.17, 15) is 18.0 Å². The highest BCUT2D eigenvalue weighted by molar-refractivity contribution is 7.90. The molecule has 1 aliphatic heterocycles. The van der Waals surface area contributed by atoms with E-state index in [1.807, 2.05) is 98.9 Å². The highest BCUT2D eigenvalue weighted by Gasteiger charge is 2.43. The standard InChI is InChI=1S/C46H50Cl3N5O6S/c1-33(2)41(43(56)54-29-35-17-14-13-16-34(35)28-40(54)42(55)50-25-15-27-61(3,58)59)53(44(57)60-31-45(47,48)49)26-24-39-30-52(32-51-39)46(36-18-7-4-8-19-36,37-20-9-5-10-21-37)38-22-11-6-12-23-38/h4-14,16-23,30,32-33,40-41H,15,24-29,31H2,1-3H3,(H,50,55)/t40-,41?/m0/s1. The van der Waals surface area contributed by atoms with Crippen LogP contribution in [0.5, 0.6) is 0 Å². The molecule has 15 heteroatoms. The number of benzene rings is 4. The molecule has 4 aromatic carbocycles. The number of nitrogens with zero attached hydrogens (tertiary/aromatic N) is 4. The molecule has 0 bridgehead atoms. The van der Waals surface area contributed by atoms with Gasteiger partial charge in [0.15, 0.2) is 0 Å². The average molecular weight is 907 g/mol. The van der Waals surface area contributed by atoms with Gasteiger partial charge in [0, 0.05) is 44.9 Å². The van der Waals surface area contributed by atoms with Gasteiger partial charge in [0.05, 0.1) is 17.8 Å². The van der Waals surface area contributed by atoms with Crippen LogP contribution in [0, 0.1) is 5.92 Å². The van der Waals surface area contributed by atoms with Crippen LogP contribution in [0.15, 0.2) is 128 Å². The third kappa shape index (κ3) is 11.1. The number of imidazole rings is 1. The van der Waals surface area contributed by atoms with Gasteiger partial charge in [-0.25, -0.2) is 18.2 Å². The maximum absolute atomic E-state index is 15.0. The van der Waals surface area contributed by atoms with Crippen molar-refractivity contribution in [3.8, 4) is 0 Å². The van der Waals surface area contributed by atoms with Crippen molar-refractivity contribution in [2.24, 2.45) is 5.92 Å². The molecule has 61 heavy (non-hydrogen) atoms. The van der Waals surface area contributed by atoms with E-state index in [2.05, 4.69) is 46.3 Å². The predicted octanol–water partition coefficient (Wildman–Crippen LogP) is 7.60. The number of carbonyl (C=O) groups excluding carboxylic acids is 3. The number of hydrogen-bond acceptors (Lipinski definition) is 7. The van der Waals surface area contributed by atoms with E-state index in [4.69, 9.17) is 44.5 Å². The van der Waals surface area contributed by atoms with Crippen molar-refractivity contribution < 1.29 is 27.5 Å². The molecule has 322 valence electrons. The minimum Gasteiger partial charge on any atom is -0.445 e. The smallest absolute Gasteiger partial charge is 0.410 e. The number of halogens is 3. The number of alkyl halides is 3. The Balaban J connectivity index is 1.34. The van der Waals surface area contributed by atoms with Gasteiger partial charge in [-0.15, -0.1) is 0 Å². The lowest BCUT2D eigenvalue weighted by Gasteiger charge is -2.41. The lowest BCUT2D eigenvalue weighted by Crippen LogP contribution is -2.60. The maximum Gasteiger partial charge on any atom is 0.410 e. The van der Waals surface area contributed by atoms with Crippen LogP contribution in [-0.2, 0) is 49.1 Å². The molecule has 2 heterocycles. The molecule has 0 saturated carbocycles. The van der Waals surface area contributed by atoms with Gasteiger partial charge in [-0.2, -0.15) is 0 Å². The van der Waals surface area contributed by atoms with Gasteiger partial charge >= 0.3 is 6.09 Å². The fraction of sp³-hybridized carbons (Fsp3) is 0.348. The van der Waals surface area contributed by atoms with Crippen LogP contribution in [0.1, 0.15) is 53.8 Å². The lowest BCUT2D eigenvalue weighted by molar-refractivity contribution is -0.147. The molecule has 0 fully saturated rings. The number of nitrogens with one attached hydrogen (secondary N) is 1. The topological polar surface area (TPSA) is 131 Å². The van der Waals surface area contributed by atoms with E-state index in [-0.39, 0.29) is 44.6 Å².